The molecule has 5 atom stereocenters. The molecule has 3 N–H and O–H groups in total. The Morgan fingerprint density at radius 2 is 1.83 bits per heavy atom. The van der Waals surface area contributed by atoms with Crippen molar-refractivity contribution in [1.82, 2.24) is 40.4 Å². The van der Waals surface area contributed by atoms with Gasteiger partial charge in [-0.05, 0) is 97.5 Å². The van der Waals surface area contributed by atoms with Gasteiger partial charge >= 0.3 is 5.97 Å². The number of benzene rings is 2. The Hall–Kier alpha value is -5.90. The fourth-order valence-electron chi connectivity index (χ4n) is 10.7. The van der Waals surface area contributed by atoms with Crippen LogP contribution in [0.4, 0.5) is 0 Å². The van der Waals surface area contributed by atoms with Crippen LogP contribution in [0.3, 0.4) is 0 Å². The number of aromatic nitrogens is 2. The Labute approximate surface area is 406 Å². The molecule has 2 aromatic heterocycles. The van der Waals surface area contributed by atoms with Crippen LogP contribution in [0.2, 0.25) is 0 Å². The van der Waals surface area contributed by atoms with Gasteiger partial charge in [-0.25, -0.2) is 5.43 Å². The molecule has 0 radical (unpaired) electrons. The molecule has 4 amide bonds. The Kier molecular flexibility index (Phi) is 14.8. The number of rotatable bonds is 11. The van der Waals surface area contributed by atoms with Gasteiger partial charge in [0.2, 0.25) is 17.7 Å². The molecule has 4 aliphatic rings. The molecule has 2 aromatic carbocycles. The number of likely N-dealkylation sites (N-methyl/N-ethyl adjacent to an activating group) is 1. The van der Waals surface area contributed by atoms with E-state index >= 15 is 0 Å². The van der Waals surface area contributed by atoms with Gasteiger partial charge in [0.1, 0.15) is 18.1 Å². The van der Waals surface area contributed by atoms with Gasteiger partial charge in [-0.1, -0.05) is 64.6 Å². The number of hydrogen-bond acceptors (Lipinski definition) is 10. The fraction of sp³-hybridized carbons (Fsp3) is 0.519. The first kappa shape index (κ1) is 49.5. The minimum Gasteiger partial charge on any atom is -0.464 e. The standard InChI is InChI=1S/C54H70N8O7/c1-10-46(63)60-21-19-37(30-60)51(65)59(8)48(32(3)4)50(64)57-44-23-34-14-12-15-35(22-34)36-17-18-45-40(24-36)42(26-54(6,7)31-69-53(67)43-16-13-20-62(58-43)52(44)66)49(61(45)11-2)41-25-38(39-27-55-28-39)29-56-47(41)33(5)68-9/h10,12,14-15,17-18,22,24-25,29,32-33,37,39,43-44,48,55,58H,1,11,13,16,19-21,23,26-28,30-31H2,2-9H3,(H,57,64)/t33-,37-,43-,44-,48-/m0/s1. The number of cyclic esters (lactones) is 1. The molecule has 6 bridgehead atoms. The van der Waals surface area contributed by atoms with Crippen LogP contribution in [0.25, 0.3) is 33.3 Å². The SMILES string of the molecule is C=CC(=O)N1CC[C@H](C(=O)N(C)[C@H](C(=O)N[C@H]2Cc3cccc(c3)-c3ccc4c(c3)c(c(-c3cc(C5CNC5)cnc3[C@H](C)OC)n4CC)CC(C)(C)COC(=O)[C@@H]3CCCN(N3)C2=O)C(C)C)C1. The summed E-state index contributed by atoms with van der Waals surface area (Å²) in [6.45, 7) is 19.4. The molecule has 0 saturated carbocycles. The van der Waals surface area contributed by atoms with Crippen molar-refractivity contribution in [3.05, 3.63) is 89.8 Å². The predicted octanol–water partition coefficient (Wildman–Crippen LogP) is 5.95. The smallest absolute Gasteiger partial charge is 0.324 e. The third-order valence-electron chi connectivity index (χ3n) is 14.7. The molecular formula is C54H70N8O7. The number of esters is 1. The number of hydrazine groups is 1. The number of hydrogen-bond donors (Lipinski definition) is 3. The minimum absolute atomic E-state index is 0.135. The molecule has 15 nitrogen and oxygen atoms in total. The van der Waals surface area contributed by atoms with E-state index in [1.807, 2.05) is 39.1 Å². The zero-order valence-electron chi connectivity index (χ0n) is 41.6. The molecule has 0 spiro atoms. The summed E-state index contributed by atoms with van der Waals surface area (Å²) in [6, 6.07) is 14.2. The van der Waals surface area contributed by atoms with Gasteiger partial charge in [0.15, 0.2) is 0 Å². The van der Waals surface area contributed by atoms with Gasteiger partial charge in [0.25, 0.3) is 5.91 Å². The maximum atomic E-state index is 14.8. The highest BCUT2D eigenvalue weighted by Gasteiger charge is 2.40. The maximum absolute atomic E-state index is 14.8. The van der Waals surface area contributed by atoms with Crippen LogP contribution in [-0.4, -0.2) is 126 Å². The lowest BCUT2D eigenvalue weighted by atomic mass is 9.83. The predicted molar refractivity (Wildman–Crippen MR) is 266 cm³/mol. The Bertz CT molecular complexity index is 2620. The quantitative estimate of drug-likeness (QED) is 0.121. The number of pyridine rings is 1. The summed E-state index contributed by atoms with van der Waals surface area (Å²) in [5.74, 6) is -2.19. The van der Waals surface area contributed by atoms with Gasteiger partial charge in [-0.15, -0.1) is 0 Å². The molecule has 3 fully saturated rings. The van der Waals surface area contributed by atoms with Gasteiger partial charge in [-0.3, -0.25) is 34.0 Å². The van der Waals surface area contributed by atoms with Gasteiger partial charge < -0.3 is 34.5 Å². The van der Waals surface area contributed by atoms with Crippen molar-refractivity contribution < 1.29 is 33.4 Å². The molecule has 69 heavy (non-hydrogen) atoms. The van der Waals surface area contributed by atoms with Gasteiger partial charge in [-0.2, -0.15) is 0 Å². The molecule has 0 unspecified atom stereocenters. The van der Waals surface area contributed by atoms with Gasteiger partial charge in [0, 0.05) is 93.8 Å². The van der Waals surface area contributed by atoms with E-state index < -0.39 is 47.2 Å². The fourth-order valence-corrected chi connectivity index (χ4v) is 10.7. The molecule has 368 valence electrons. The van der Waals surface area contributed by atoms with Crippen LogP contribution >= 0.6 is 0 Å². The minimum atomic E-state index is -1.05. The van der Waals surface area contributed by atoms with Crippen molar-refractivity contribution in [3.63, 3.8) is 0 Å². The highest BCUT2D eigenvalue weighted by molar-refractivity contribution is 5.96. The first-order chi connectivity index (χ1) is 33.0. The van der Waals surface area contributed by atoms with E-state index in [1.54, 1.807) is 19.1 Å². The van der Waals surface area contributed by atoms with Crippen molar-refractivity contribution in [2.75, 3.05) is 53.5 Å². The lowest BCUT2D eigenvalue weighted by molar-refractivity contribution is -0.155. The van der Waals surface area contributed by atoms with E-state index in [9.17, 15) is 24.0 Å². The molecule has 3 saturated heterocycles. The molecule has 4 aliphatic heterocycles. The van der Waals surface area contributed by atoms with Crippen molar-refractivity contribution in [2.24, 2.45) is 17.3 Å². The largest absolute Gasteiger partial charge is 0.464 e. The first-order valence-electron chi connectivity index (χ1n) is 24.7. The second-order valence-electron chi connectivity index (χ2n) is 20.6. The third kappa shape index (κ3) is 10.2. The number of methoxy groups -OCH3 is 1. The first-order valence-corrected chi connectivity index (χ1v) is 24.7. The number of nitrogens with one attached hydrogen (secondary N) is 3. The molecular weight excluding hydrogens is 873 g/mol. The zero-order valence-corrected chi connectivity index (χ0v) is 41.6. The summed E-state index contributed by atoms with van der Waals surface area (Å²) < 4.78 is 14.5. The Morgan fingerprint density at radius 3 is 2.52 bits per heavy atom. The van der Waals surface area contributed by atoms with E-state index in [2.05, 4.69) is 84.4 Å². The number of likely N-dealkylation sites (tertiary alicyclic amines) is 1. The number of nitrogens with zero attached hydrogens (tertiary/aromatic N) is 5. The number of aryl methyl sites for hydroxylation is 1. The summed E-state index contributed by atoms with van der Waals surface area (Å²) in [4.78, 5) is 77.8. The van der Waals surface area contributed by atoms with E-state index in [4.69, 9.17) is 14.5 Å². The van der Waals surface area contributed by atoms with Crippen LogP contribution in [0.15, 0.2) is 67.4 Å². The third-order valence-corrected chi connectivity index (χ3v) is 14.7. The van der Waals surface area contributed by atoms with Crippen LogP contribution < -0.4 is 16.1 Å². The number of ether oxygens (including phenoxy) is 2. The molecule has 0 aliphatic carbocycles. The maximum Gasteiger partial charge on any atom is 0.324 e. The summed E-state index contributed by atoms with van der Waals surface area (Å²) in [6.07, 6.45) is 5.21. The van der Waals surface area contributed by atoms with Crippen molar-refractivity contribution in [2.45, 2.75) is 110 Å². The summed E-state index contributed by atoms with van der Waals surface area (Å²) >= 11 is 0. The van der Waals surface area contributed by atoms with Crippen molar-refractivity contribution in [3.8, 4) is 22.4 Å². The zero-order chi connectivity index (χ0) is 49.3. The van der Waals surface area contributed by atoms with Crippen LogP contribution in [0, 0.1) is 17.3 Å². The summed E-state index contributed by atoms with van der Waals surface area (Å²) in [7, 11) is 3.33. The molecule has 6 heterocycles. The van der Waals surface area contributed by atoms with E-state index in [0.717, 1.165) is 63.2 Å². The van der Waals surface area contributed by atoms with E-state index in [-0.39, 0.29) is 43.4 Å². The van der Waals surface area contributed by atoms with Crippen LogP contribution in [0.1, 0.15) is 95.2 Å². The topological polar surface area (TPSA) is 167 Å². The second kappa shape index (κ2) is 20.6. The molecule has 4 aromatic rings. The van der Waals surface area contributed by atoms with Crippen LogP contribution in [0.5, 0.6) is 0 Å². The summed E-state index contributed by atoms with van der Waals surface area (Å²) in [5.41, 5.74) is 11.8. The summed E-state index contributed by atoms with van der Waals surface area (Å²) in [5, 5.41) is 9.02. The second-order valence-corrected chi connectivity index (χ2v) is 20.6. The van der Waals surface area contributed by atoms with Crippen molar-refractivity contribution in [1.29, 1.82) is 0 Å². The van der Waals surface area contributed by atoms with Crippen molar-refractivity contribution >= 4 is 40.5 Å². The Morgan fingerprint density at radius 1 is 1.06 bits per heavy atom. The lowest BCUT2D eigenvalue weighted by Crippen LogP contribution is -2.62. The number of carbonyl (C=O) groups is 5. The molecule has 15 heteroatoms. The monoisotopic (exact) mass is 943 g/mol. The van der Waals surface area contributed by atoms with Gasteiger partial charge in [0.05, 0.1) is 30.0 Å². The number of fused-ring (bicyclic) bond motifs is 6. The highest BCUT2D eigenvalue weighted by atomic mass is 16.5. The Balaban J connectivity index is 1.20. The average Bonchev–Trinajstić information content (AvgIpc) is 3.94. The van der Waals surface area contributed by atoms with Crippen LogP contribution in [-0.2, 0) is 52.8 Å². The lowest BCUT2D eigenvalue weighted by Gasteiger charge is -2.37. The van der Waals surface area contributed by atoms with E-state index in [0.29, 0.717) is 51.2 Å². The normalized spacial score (nSPS) is 21.8. The highest BCUT2D eigenvalue weighted by Crippen LogP contribution is 2.43. The number of carbonyl (C=O) groups excluding carboxylic acids is 5. The number of amides is 4. The van der Waals surface area contributed by atoms with E-state index in [1.165, 1.54) is 21.5 Å². The molecule has 8 rings (SSSR count). The average molecular weight is 943 g/mol.